The lowest BCUT2D eigenvalue weighted by Gasteiger charge is -2.34. The summed E-state index contributed by atoms with van der Waals surface area (Å²) in [5.74, 6) is 0.758. The average molecular weight is 475 g/mol. The van der Waals surface area contributed by atoms with Gasteiger partial charge in [-0.1, -0.05) is 41.4 Å². The number of ether oxygens (including phenoxy) is 1. The van der Waals surface area contributed by atoms with Crippen LogP contribution in [0.4, 0.5) is 10.7 Å². The molecule has 6 nitrogen and oxygen atoms in total. The minimum atomic E-state index is -0.511. The number of anilines is 1. The van der Waals surface area contributed by atoms with E-state index in [9.17, 15) is 4.79 Å². The largest absolute Gasteiger partial charge is 0.444 e. The third-order valence-electron chi connectivity index (χ3n) is 5.40. The number of fused-ring (bicyclic) bond motifs is 1. The lowest BCUT2D eigenvalue weighted by atomic mass is 10.1. The van der Waals surface area contributed by atoms with E-state index >= 15 is 0 Å². The predicted octanol–water partition coefficient (Wildman–Crippen LogP) is 6.20. The average Bonchev–Trinajstić information content (AvgIpc) is 3.06. The molecule has 8 heteroatoms. The van der Waals surface area contributed by atoms with E-state index in [4.69, 9.17) is 32.9 Å². The van der Waals surface area contributed by atoms with E-state index in [0.29, 0.717) is 29.7 Å². The molecule has 0 bridgehead atoms. The Kier molecular flexibility index (Phi) is 6.54. The second kappa shape index (κ2) is 9.20. The maximum absolute atomic E-state index is 12.6. The molecule has 1 aliphatic heterocycles. The van der Waals surface area contributed by atoms with Gasteiger partial charge in [0.2, 0.25) is 5.95 Å². The molecule has 170 valence electrons. The standard InChI is InChI=1S/C24H28Cl2N4O2/c1-24(2,3)32-23(31)29-12-6-7-18(15-29)27-22-28-20-8-4-5-9-21(20)30(22)14-16-10-11-17(25)13-19(16)26/h4-5,8-11,13,18H,6-7,12,14-15H2,1-3H3,(H,27,28). The Balaban J connectivity index is 1.57. The van der Waals surface area contributed by atoms with Crippen molar-refractivity contribution in [1.82, 2.24) is 14.5 Å². The molecule has 3 aromatic rings. The first kappa shape index (κ1) is 22.7. The van der Waals surface area contributed by atoms with Crippen LogP contribution in [0.15, 0.2) is 42.5 Å². The number of aromatic nitrogens is 2. The van der Waals surface area contributed by atoms with Crippen molar-refractivity contribution in [3.05, 3.63) is 58.1 Å². The van der Waals surface area contributed by atoms with Crippen LogP contribution in [-0.4, -0.2) is 45.3 Å². The molecule has 32 heavy (non-hydrogen) atoms. The summed E-state index contributed by atoms with van der Waals surface area (Å²) in [6.45, 7) is 7.48. The normalized spacial score (nSPS) is 16.9. The van der Waals surface area contributed by atoms with Crippen molar-refractivity contribution in [3.63, 3.8) is 0 Å². The number of rotatable bonds is 4. The van der Waals surface area contributed by atoms with Crippen molar-refractivity contribution >= 4 is 46.3 Å². The van der Waals surface area contributed by atoms with E-state index in [-0.39, 0.29) is 12.1 Å². The monoisotopic (exact) mass is 474 g/mol. The zero-order chi connectivity index (χ0) is 22.9. The van der Waals surface area contributed by atoms with Gasteiger partial charge in [-0.2, -0.15) is 0 Å². The van der Waals surface area contributed by atoms with E-state index in [2.05, 4.69) is 9.88 Å². The number of hydrogen-bond acceptors (Lipinski definition) is 4. The highest BCUT2D eigenvalue weighted by Gasteiger charge is 2.28. The molecule has 0 saturated carbocycles. The van der Waals surface area contributed by atoms with E-state index in [0.717, 1.165) is 35.4 Å². The minimum absolute atomic E-state index is 0.0764. The molecule has 0 radical (unpaired) electrons. The number of benzene rings is 2. The minimum Gasteiger partial charge on any atom is -0.444 e. The number of carbonyl (C=O) groups excluding carboxylic acids is 1. The number of para-hydroxylation sites is 2. The van der Waals surface area contributed by atoms with Crippen LogP contribution in [0.25, 0.3) is 11.0 Å². The summed E-state index contributed by atoms with van der Waals surface area (Å²) in [6, 6.07) is 13.6. The van der Waals surface area contributed by atoms with Crippen molar-refractivity contribution in [2.24, 2.45) is 0 Å². The predicted molar refractivity (Wildman–Crippen MR) is 130 cm³/mol. The molecule has 1 aromatic heterocycles. The molecule has 0 aliphatic carbocycles. The highest BCUT2D eigenvalue weighted by molar-refractivity contribution is 6.35. The third kappa shape index (κ3) is 5.30. The number of piperidine rings is 1. The number of amides is 1. The molecular formula is C24H28Cl2N4O2. The Morgan fingerprint density at radius 3 is 2.75 bits per heavy atom. The van der Waals surface area contributed by atoms with Crippen LogP contribution < -0.4 is 5.32 Å². The molecule has 2 aromatic carbocycles. The second-order valence-corrected chi connectivity index (χ2v) is 10.00. The van der Waals surface area contributed by atoms with E-state index in [1.54, 1.807) is 11.0 Å². The number of carbonyl (C=O) groups is 1. The maximum atomic E-state index is 12.6. The molecule has 0 spiro atoms. The summed E-state index contributed by atoms with van der Waals surface area (Å²) in [4.78, 5) is 19.2. The first-order valence-electron chi connectivity index (χ1n) is 10.8. The van der Waals surface area contributed by atoms with E-state index in [1.165, 1.54) is 0 Å². The Morgan fingerprint density at radius 2 is 2.00 bits per heavy atom. The Labute approximate surface area is 198 Å². The Morgan fingerprint density at radius 1 is 1.22 bits per heavy atom. The molecule has 1 atom stereocenters. The SMILES string of the molecule is CC(C)(C)OC(=O)N1CCCC(Nc2nc3ccccc3n2Cc2ccc(Cl)cc2Cl)C1. The summed E-state index contributed by atoms with van der Waals surface area (Å²) in [5.41, 5.74) is 2.37. The number of likely N-dealkylation sites (tertiary alicyclic amines) is 1. The smallest absolute Gasteiger partial charge is 0.410 e. The Hall–Kier alpha value is -2.44. The summed E-state index contributed by atoms with van der Waals surface area (Å²) in [7, 11) is 0. The maximum Gasteiger partial charge on any atom is 0.410 e. The molecule has 1 amide bonds. The van der Waals surface area contributed by atoms with Crippen LogP contribution in [0.1, 0.15) is 39.2 Å². The summed E-state index contributed by atoms with van der Waals surface area (Å²) >= 11 is 12.5. The summed E-state index contributed by atoms with van der Waals surface area (Å²) in [6.07, 6.45) is 1.58. The van der Waals surface area contributed by atoms with Gasteiger partial charge in [-0.25, -0.2) is 9.78 Å². The molecule has 2 heterocycles. The zero-order valence-corrected chi connectivity index (χ0v) is 20.1. The number of hydrogen-bond donors (Lipinski definition) is 1. The molecule has 1 aliphatic rings. The first-order valence-corrected chi connectivity index (χ1v) is 11.6. The van der Waals surface area contributed by atoms with Gasteiger partial charge < -0.3 is 19.5 Å². The van der Waals surface area contributed by atoms with Gasteiger partial charge in [0.05, 0.1) is 17.6 Å². The molecule has 1 saturated heterocycles. The second-order valence-electron chi connectivity index (χ2n) is 9.16. The molecule has 1 unspecified atom stereocenters. The van der Waals surface area contributed by atoms with Crippen molar-refractivity contribution in [3.8, 4) is 0 Å². The molecular weight excluding hydrogens is 447 g/mol. The van der Waals surface area contributed by atoms with Gasteiger partial charge in [0.25, 0.3) is 0 Å². The van der Waals surface area contributed by atoms with Crippen molar-refractivity contribution in [2.75, 3.05) is 18.4 Å². The quantitative estimate of drug-likeness (QED) is 0.488. The van der Waals surface area contributed by atoms with Gasteiger partial charge in [0, 0.05) is 29.2 Å². The number of halogens is 2. The van der Waals surface area contributed by atoms with Crippen molar-refractivity contribution in [2.45, 2.75) is 51.8 Å². The van der Waals surface area contributed by atoms with Crippen LogP contribution in [0.5, 0.6) is 0 Å². The van der Waals surface area contributed by atoms with Gasteiger partial charge in [0.1, 0.15) is 5.60 Å². The lowest BCUT2D eigenvalue weighted by Crippen LogP contribution is -2.47. The van der Waals surface area contributed by atoms with Crippen LogP contribution >= 0.6 is 23.2 Å². The fraction of sp³-hybridized carbons (Fsp3) is 0.417. The first-order chi connectivity index (χ1) is 15.2. The summed E-state index contributed by atoms with van der Waals surface area (Å²) < 4.78 is 7.68. The highest BCUT2D eigenvalue weighted by atomic mass is 35.5. The topological polar surface area (TPSA) is 59.4 Å². The molecule has 4 rings (SSSR count). The van der Waals surface area contributed by atoms with Crippen LogP contribution in [0.2, 0.25) is 10.0 Å². The zero-order valence-electron chi connectivity index (χ0n) is 18.6. The summed E-state index contributed by atoms with van der Waals surface area (Å²) in [5, 5.41) is 4.80. The van der Waals surface area contributed by atoms with Crippen LogP contribution in [0.3, 0.4) is 0 Å². The van der Waals surface area contributed by atoms with Crippen molar-refractivity contribution in [1.29, 1.82) is 0 Å². The van der Waals surface area contributed by atoms with Gasteiger partial charge in [-0.3, -0.25) is 0 Å². The highest BCUT2D eigenvalue weighted by Crippen LogP contribution is 2.27. The van der Waals surface area contributed by atoms with Gasteiger partial charge in [0.15, 0.2) is 0 Å². The van der Waals surface area contributed by atoms with E-state index in [1.807, 2.05) is 57.2 Å². The number of nitrogens with zero attached hydrogens (tertiary/aromatic N) is 3. The molecule has 1 N–H and O–H groups in total. The fourth-order valence-electron chi connectivity index (χ4n) is 3.94. The van der Waals surface area contributed by atoms with Crippen LogP contribution in [0, 0.1) is 0 Å². The van der Waals surface area contributed by atoms with Gasteiger partial charge in [-0.15, -0.1) is 0 Å². The third-order valence-corrected chi connectivity index (χ3v) is 5.99. The fourth-order valence-corrected chi connectivity index (χ4v) is 4.40. The lowest BCUT2D eigenvalue weighted by molar-refractivity contribution is 0.0206. The number of nitrogens with one attached hydrogen (secondary N) is 1. The molecule has 1 fully saturated rings. The number of imidazole rings is 1. The van der Waals surface area contributed by atoms with Crippen molar-refractivity contribution < 1.29 is 9.53 Å². The van der Waals surface area contributed by atoms with Gasteiger partial charge in [-0.05, 0) is 63.4 Å². The Bertz CT molecular complexity index is 1120. The van der Waals surface area contributed by atoms with E-state index < -0.39 is 5.60 Å². The van der Waals surface area contributed by atoms with Gasteiger partial charge >= 0.3 is 6.09 Å². The van der Waals surface area contributed by atoms with Crippen LogP contribution in [-0.2, 0) is 11.3 Å².